The number of halogens is 3. The van der Waals surface area contributed by atoms with Gasteiger partial charge in [0.05, 0.1) is 36.3 Å². The molecule has 7 nitrogen and oxygen atoms in total. The number of nitrogens with one attached hydrogen (secondary N) is 3. The molecule has 3 N–H and O–H groups in total. The van der Waals surface area contributed by atoms with E-state index in [9.17, 15) is 22.8 Å². The van der Waals surface area contributed by atoms with Crippen LogP contribution in [0.2, 0.25) is 0 Å². The van der Waals surface area contributed by atoms with E-state index in [1.807, 2.05) is 0 Å². The van der Waals surface area contributed by atoms with Crippen LogP contribution in [0.4, 0.5) is 24.5 Å². The molecule has 1 heterocycles. The predicted molar refractivity (Wildman–Crippen MR) is 109 cm³/mol. The third-order valence-electron chi connectivity index (χ3n) is 3.97. The first-order valence-corrected chi connectivity index (χ1v) is 8.95. The fourth-order valence-electron chi connectivity index (χ4n) is 2.46. The fourth-order valence-corrected chi connectivity index (χ4v) is 2.46. The van der Waals surface area contributed by atoms with Gasteiger partial charge >= 0.3 is 0 Å². The minimum Gasteiger partial charge on any atom is -0.376 e. The Labute approximate surface area is 175 Å². The molecular formula is C21H16F3N5O2. The van der Waals surface area contributed by atoms with Crippen molar-refractivity contribution in [3.63, 3.8) is 0 Å². The number of aromatic nitrogens is 1. The van der Waals surface area contributed by atoms with Gasteiger partial charge in [-0.3, -0.25) is 14.6 Å². The summed E-state index contributed by atoms with van der Waals surface area (Å²) < 4.78 is 40.9. The summed E-state index contributed by atoms with van der Waals surface area (Å²) in [7, 11) is 0. The van der Waals surface area contributed by atoms with Gasteiger partial charge in [0.25, 0.3) is 11.8 Å². The fraction of sp³-hybridized carbons (Fsp3) is 0.0476. The van der Waals surface area contributed by atoms with E-state index < -0.39 is 34.8 Å². The zero-order valence-corrected chi connectivity index (χ0v) is 15.9. The van der Waals surface area contributed by atoms with Crippen LogP contribution in [-0.4, -0.2) is 29.6 Å². The van der Waals surface area contributed by atoms with Gasteiger partial charge in [-0.2, -0.15) is 5.10 Å². The lowest BCUT2D eigenvalue weighted by molar-refractivity contribution is -0.119. The van der Waals surface area contributed by atoms with Crippen LogP contribution in [0.15, 0.2) is 66.0 Å². The molecule has 0 bridgehead atoms. The predicted octanol–water partition coefficient (Wildman–Crippen LogP) is 3.31. The van der Waals surface area contributed by atoms with Crippen LogP contribution in [0, 0.1) is 17.5 Å². The van der Waals surface area contributed by atoms with E-state index in [0.29, 0.717) is 11.4 Å². The normalized spacial score (nSPS) is 10.7. The van der Waals surface area contributed by atoms with Crippen LogP contribution in [0.5, 0.6) is 0 Å². The molecule has 3 rings (SSSR count). The van der Waals surface area contributed by atoms with Gasteiger partial charge in [0.2, 0.25) is 0 Å². The molecule has 0 aliphatic carbocycles. The lowest BCUT2D eigenvalue weighted by Crippen LogP contribution is -2.26. The maximum atomic E-state index is 14.1. The Kier molecular flexibility index (Phi) is 6.94. The van der Waals surface area contributed by atoms with Crippen LogP contribution in [0.3, 0.4) is 0 Å². The number of anilines is 2. The summed E-state index contributed by atoms with van der Waals surface area (Å²) in [6, 6.07) is 12.2. The number of carbonyl (C=O) groups is 2. The Morgan fingerprint density at radius 1 is 0.935 bits per heavy atom. The molecule has 2 amide bonds. The molecule has 31 heavy (non-hydrogen) atoms. The number of rotatable bonds is 7. The Morgan fingerprint density at radius 3 is 2.35 bits per heavy atom. The number of hydrogen-bond donors (Lipinski definition) is 3. The summed E-state index contributed by atoms with van der Waals surface area (Å²) in [5.74, 6) is -3.87. The maximum Gasteiger partial charge on any atom is 0.259 e. The monoisotopic (exact) mass is 427 g/mol. The van der Waals surface area contributed by atoms with Gasteiger partial charge in [0, 0.05) is 11.4 Å². The van der Waals surface area contributed by atoms with Crippen molar-refractivity contribution < 1.29 is 22.8 Å². The SMILES string of the molecule is O=C(CNc1ccc(F)c(C(=O)Nc2ccccc2)c1)NN=Cc1c(F)cncc1F. The molecule has 10 heteroatoms. The van der Waals surface area contributed by atoms with E-state index in [1.54, 1.807) is 30.3 Å². The van der Waals surface area contributed by atoms with Crippen LogP contribution in [0.25, 0.3) is 0 Å². The number of hydrogen-bond acceptors (Lipinski definition) is 5. The molecule has 3 aromatic rings. The van der Waals surface area contributed by atoms with E-state index in [1.165, 1.54) is 12.1 Å². The van der Waals surface area contributed by atoms with Crippen molar-refractivity contribution in [1.82, 2.24) is 10.4 Å². The summed E-state index contributed by atoms with van der Waals surface area (Å²) >= 11 is 0. The van der Waals surface area contributed by atoms with Crippen molar-refractivity contribution in [3.8, 4) is 0 Å². The number of amides is 2. The second kappa shape index (κ2) is 10.0. The number of nitrogens with zero attached hydrogens (tertiary/aromatic N) is 2. The molecule has 0 aliphatic rings. The third kappa shape index (κ3) is 5.89. The van der Waals surface area contributed by atoms with E-state index >= 15 is 0 Å². The Morgan fingerprint density at radius 2 is 1.65 bits per heavy atom. The van der Waals surface area contributed by atoms with Crippen LogP contribution < -0.4 is 16.1 Å². The van der Waals surface area contributed by atoms with E-state index in [-0.39, 0.29) is 12.1 Å². The van der Waals surface area contributed by atoms with Gasteiger partial charge in [0.15, 0.2) is 11.6 Å². The van der Waals surface area contributed by atoms with Gasteiger partial charge in [0.1, 0.15) is 5.82 Å². The van der Waals surface area contributed by atoms with Crippen molar-refractivity contribution in [2.24, 2.45) is 5.10 Å². The van der Waals surface area contributed by atoms with Gasteiger partial charge < -0.3 is 10.6 Å². The van der Waals surface area contributed by atoms with Crippen molar-refractivity contribution in [3.05, 3.63) is 89.5 Å². The minimum absolute atomic E-state index is 0.212. The highest BCUT2D eigenvalue weighted by Crippen LogP contribution is 2.17. The van der Waals surface area contributed by atoms with E-state index in [4.69, 9.17) is 0 Å². The molecule has 158 valence electrons. The number of para-hydroxylation sites is 1. The molecule has 0 unspecified atom stereocenters. The average molecular weight is 427 g/mol. The first-order chi connectivity index (χ1) is 14.9. The molecule has 0 saturated heterocycles. The minimum atomic E-state index is -0.927. The molecule has 2 aromatic carbocycles. The molecule has 0 fully saturated rings. The Balaban J connectivity index is 1.58. The summed E-state index contributed by atoms with van der Waals surface area (Å²) in [5, 5.41) is 8.77. The number of hydrazone groups is 1. The molecule has 1 aromatic heterocycles. The van der Waals surface area contributed by atoms with Crippen molar-refractivity contribution in [1.29, 1.82) is 0 Å². The summed E-state index contributed by atoms with van der Waals surface area (Å²) in [6.45, 7) is -0.288. The summed E-state index contributed by atoms with van der Waals surface area (Å²) in [6.07, 6.45) is 2.44. The first kappa shape index (κ1) is 21.5. The number of pyridine rings is 1. The zero-order valence-electron chi connectivity index (χ0n) is 15.9. The molecule has 0 aliphatic heterocycles. The average Bonchev–Trinajstić information content (AvgIpc) is 2.76. The van der Waals surface area contributed by atoms with Gasteiger partial charge in [-0.05, 0) is 30.3 Å². The first-order valence-electron chi connectivity index (χ1n) is 8.95. The highest BCUT2D eigenvalue weighted by molar-refractivity contribution is 6.05. The zero-order chi connectivity index (χ0) is 22.2. The van der Waals surface area contributed by atoms with Gasteiger partial charge in [-0.1, -0.05) is 18.2 Å². The number of carbonyl (C=O) groups excluding carboxylic acids is 2. The van der Waals surface area contributed by atoms with E-state index in [0.717, 1.165) is 24.7 Å². The quantitative estimate of drug-likeness (QED) is 0.398. The van der Waals surface area contributed by atoms with Crippen LogP contribution in [-0.2, 0) is 4.79 Å². The molecule has 0 spiro atoms. The standard InChI is InChI=1S/C21H16F3N5O2/c22-17-7-6-14(8-15(17)21(31)28-13-4-2-1-3-5-13)26-12-20(30)29-27-9-16-18(23)10-25-11-19(16)24/h1-11,26H,12H2,(H,28,31)(H,29,30). The smallest absolute Gasteiger partial charge is 0.259 e. The van der Waals surface area contributed by atoms with E-state index in [2.05, 4.69) is 26.1 Å². The molecular weight excluding hydrogens is 411 g/mol. The Hall–Kier alpha value is -4.21. The highest BCUT2D eigenvalue weighted by atomic mass is 19.1. The van der Waals surface area contributed by atoms with Crippen molar-refractivity contribution in [2.45, 2.75) is 0 Å². The van der Waals surface area contributed by atoms with Crippen molar-refractivity contribution in [2.75, 3.05) is 17.2 Å². The lowest BCUT2D eigenvalue weighted by Gasteiger charge is -2.09. The highest BCUT2D eigenvalue weighted by Gasteiger charge is 2.13. The van der Waals surface area contributed by atoms with Gasteiger partial charge in [-0.25, -0.2) is 18.6 Å². The number of benzene rings is 2. The van der Waals surface area contributed by atoms with Crippen LogP contribution >= 0.6 is 0 Å². The summed E-state index contributed by atoms with van der Waals surface area (Å²) in [5.41, 5.74) is 2.25. The second-order valence-electron chi connectivity index (χ2n) is 6.18. The summed E-state index contributed by atoms with van der Waals surface area (Å²) in [4.78, 5) is 27.5. The third-order valence-corrected chi connectivity index (χ3v) is 3.97. The molecule has 0 saturated carbocycles. The topological polar surface area (TPSA) is 95.5 Å². The lowest BCUT2D eigenvalue weighted by atomic mass is 10.1. The molecule has 0 atom stereocenters. The molecule has 0 radical (unpaired) electrons. The maximum absolute atomic E-state index is 14.1. The van der Waals surface area contributed by atoms with Gasteiger partial charge in [-0.15, -0.1) is 0 Å². The Bertz CT molecular complexity index is 1100. The van der Waals surface area contributed by atoms with Crippen molar-refractivity contribution >= 4 is 29.4 Å². The second-order valence-corrected chi connectivity index (χ2v) is 6.18. The largest absolute Gasteiger partial charge is 0.376 e. The van der Waals surface area contributed by atoms with Crippen LogP contribution in [0.1, 0.15) is 15.9 Å².